The summed E-state index contributed by atoms with van der Waals surface area (Å²) < 4.78 is 55.4. The van der Waals surface area contributed by atoms with Gasteiger partial charge in [-0.05, 0) is 128 Å². The predicted molar refractivity (Wildman–Crippen MR) is 252 cm³/mol. The van der Waals surface area contributed by atoms with Crippen molar-refractivity contribution in [3.05, 3.63) is 135 Å². The minimum absolute atomic E-state index is 0.161. The molecule has 3 N–H and O–H groups in total. The van der Waals surface area contributed by atoms with Crippen LogP contribution in [0.25, 0.3) is 0 Å². The molecule has 4 aromatic carbocycles. The Bertz CT molecular complexity index is 2080. The summed E-state index contributed by atoms with van der Waals surface area (Å²) in [7, 11) is -3.94. The molecule has 6 rings (SSSR count). The van der Waals surface area contributed by atoms with Crippen molar-refractivity contribution in [1.82, 2.24) is 4.72 Å². The highest BCUT2D eigenvalue weighted by Crippen LogP contribution is 2.49. The van der Waals surface area contributed by atoms with Gasteiger partial charge in [-0.3, -0.25) is 0 Å². The van der Waals surface area contributed by atoms with Crippen LogP contribution < -0.4 is 10.5 Å². The molecule has 2 aliphatic rings. The van der Waals surface area contributed by atoms with Gasteiger partial charge in [0.05, 0.1) is 16.6 Å². The van der Waals surface area contributed by atoms with Gasteiger partial charge in [-0.25, -0.2) is 13.1 Å². The lowest BCUT2D eigenvalue weighted by atomic mass is 9.59. The van der Waals surface area contributed by atoms with Crippen LogP contribution in [0.4, 0.5) is 0 Å². The van der Waals surface area contributed by atoms with Gasteiger partial charge in [-0.2, -0.15) is 0 Å². The van der Waals surface area contributed by atoms with Crippen molar-refractivity contribution in [2.24, 2.45) is 22.0 Å². The maximum absolute atomic E-state index is 14.0. The third kappa shape index (κ3) is 11.4. The lowest BCUT2D eigenvalue weighted by molar-refractivity contribution is 0.0336. The van der Waals surface area contributed by atoms with Crippen LogP contribution in [0.3, 0.4) is 0 Å². The maximum atomic E-state index is 14.0. The molecule has 326 valence electrons. The zero-order valence-electron chi connectivity index (χ0n) is 36.4. The van der Waals surface area contributed by atoms with E-state index < -0.39 is 33.3 Å². The highest BCUT2D eigenvalue weighted by molar-refractivity contribution is 7.89. The first-order chi connectivity index (χ1) is 28.5. The van der Waals surface area contributed by atoms with Crippen molar-refractivity contribution in [2.45, 2.75) is 146 Å². The van der Waals surface area contributed by atoms with Gasteiger partial charge in [-0.1, -0.05) is 150 Å². The number of sulfonamides is 1. The molecular weight excluding hydrogens is 830 g/mol. The molecule has 60 heavy (non-hydrogen) atoms. The van der Waals surface area contributed by atoms with Crippen LogP contribution in [0.5, 0.6) is 0 Å². The highest BCUT2D eigenvalue weighted by atomic mass is 35.5. The Morgan fingerprint density at radius 1 is 0.817 bits per heavy atom. The van der Waals surface area contributed by atoms with Crippen LogP contribution in [-0.4, -0.2) is 30.3 Å². The van der Waals surface area contributed by atoms with E-state index in [1.165, 1.54) is 24.8 Å². The van der Waals surface area contributed by atoms with Crippen LogP contribution in [-0.2, 0) is 36.7 Å². The Balaban J connectivity index is 0.000000333. The van der Waals surface area contributed by atoms with Crippen LogP contribution >= 0.6 is 23.2 Å². The van der Waals surface area contributed by atoms with Crippen molar-refractivity contribution in [3.63, 3.8) is 0 Å². The van der Waals surface area contributed by atoms with Crippen molar-refractivity contribution in [1.29, 1.82) is 0 Å². The first-order valence-corrected chi connectivity index (χ1v) is 24.9. The summed E-state index contributed by atoms with van der Waals surface area (Å²) in [4.78, 5) is 0.161. The van der Waals surface area contributed by atoms with Gasteiger partial charge in [-0.15, -0.1) is 4.18 Å². The minimum atomic E-state index is -3.94. The topological polar surface area (TPSA) is 117 Å². The molecule has 0 saturated heterocycles. The van der Waals surface area contributed by atoms with Crippen LogP contribution in [0.15, 0.2) is 112 Å². The highest BCUT2D eigenvalue weighted by Gasteiger charge is 2.48. The summed E-state index contributed by atoms with van der Waals surface area (Å²) in [5, 5.41) is 1.48. The summed E-state index contributed by atoms with van der Waals surface area (Å²) in [6, 6.07) is 31.7. The van der Waals surface area contributed by atoms with Crippen molar-refractivity contribution in [3.8, 4) is 0 Å². The quantitative estimate of drug-likeness (QED) is 0.0762. The molecule has 0 aliphatic heterocycles. The van der Waals surface area contributed by atoms with E-state index in [2.05, 4.69) is 44.5 Å². The molecule has 0 bridgehead atoms. The fourth-order valence-electron chi connectivity index (χ4n) is 8.84. The number of rotatable bonds is 18. The van der Waals surface area contributed by atoms with Crippen LogP contribution in [0.1, 0.15) is 134 Å². The zero-order chi connectivity index (χ0) is 43.7. The van der Waals surface area contributed by atoms with E-state index in [4.69, 9.17) is 37.5 Å². The summed E-state index contributed by atoms with van der Waals surface area (Å²) in [6.07, 6.45) is 9.20. The van der Waals surface area contributed by atoms with Gasteiger partial charge in [0.25, 0.3) is 11.6 Å². The molecule has 2 saturated carbocycles. The third-order valence-corrected chi connectivity index (χ3v) is 15.5. The number of nitrogens with two attached hydrogens (primary N) is 1. The molecule has 11 heteroatoms. The molecule has 2 fully saturated rings. The lowest BCUT2D eigenvalue weighted by Crippen LogP contribution is -2.50. The van der Waals surface area contributed by atoms with E-state index in [9.17, 15) is 13.0 Å². The van der Waals surface area contributed by atoms with Crippen molar-refractivity contribution >= 4 is 50.6 Å². The number of nitrogens with zero attached hydrogens (tertiary/aromatic N) is 1. The fraction of sp³-hybridized carbons (Fsp3) is 0.490. The van der Waals surface area contributed by atoms with Gasteiger partial charge in [0.1, 0.15) is 5.60 Å². The second kappa shape index (κ2) is 21.1. The van der Waals surface area contributed by atoms with E-state index in [1.807, 2.05) is 87.5 Å². The Labute approximate surface area is 373 Å². The molecule has 2 aliphatic carbocycles. The second-order valence-corrected chi connectivity index (χ2v) is 21.1. The number of halogens is 2. The molecule has 0 spiro atoms. The van der Waals surface area contributed by atoms with Gasteiger partial charge in [0.2, 0.25) is 10.0 Å². The molecule has 0 heterocycles. The number of hydrogen-bond acceptors (Lipinski definition) is 6. The van der Waals surface area contributed by atoms with E-state index in [0.29, 0.717) is 36.1 Å². The summed E-state index contributed by atoms with van der Waals surface area (Å²) >= 11 is 10.1. The maximum Gasteiger partial charge on any atom is 0.271 e. The molecule has 3 atom stereocenters. The van der Waals surface area contributed by atoms with Gasteiger partial charge in [0.15, 0.2) is 0 Å². The smallest absolute Gasteiger partial charge is 0.271 e. The second-order valence-electron chi connectivity index (χ2n) is 17.7. The van der Waals surface area contributed by atoms with Gasteiger partial charge >= 0.3 is 0 Å². The summed E-state index contributed by atoms with van der Waals surface area (Å²) in [5.41, 5.74) is 10.2. The Morgan fingerprint density at radius 2 is 1.35 bits per heavy atom. The van der Waals surface area contributed by atoms with Crippen LogP contribution in [0, 0.1) is 18.8 Å². The summed E-state index contributed by atoms with van der Waals surface area (Å²) in [6.45, 7) is 14.5. The third-order valence-electron chi connectivity index (χ3n) is 12.7. The van der Waals surface area contributed by atoms with Crippen molar-refractivity contribution < 1.29 is 17.2 Å². The standard InChI is InChI=1S/C34H43ClN2O4S2.C15H22ClN/c1-6-34(7-2,32(27-12-9-8-10-13-27)37-43(39,40)30-20-14-26(5)15-21-30)41-42(38)36-31(24-25(3)4)33(22-11-23-33)28-16-18-29(35)19-17-28;1-11(2)10-14(17)15(8-3-9-15)12-4-6-13(16)7-5-12/h8-10,12-21,25,32,37H,6-7,11,22-24H2,1-5H3;4-7,11,14H,3,8-10,17H2,1-2H3/t32-,42?;14-/m11/s1. The minimum Gasteiger partial charge on any atom is -0.559 e. The molecule has 0 amide bonds. The Morgan fingerprint density at radius 3 is 1.80 bits per heavy atom. The summed E-state index contributed by atoms with van der Waals surface area (Å²) in [5.74, 6) is 0.954. The number of nitrogens with one attached hydrogen (secondary N) is 1. The molecule has 1 unspecified atom stereocenters. The Hall–Kier alpha value is -2.73. The lowest BCUT2D eigenvalue weighted by Gasteiger charge is -2.47. The molecule has 7 nitrogen and oxygen atoms in total. The fourth-order valence-corrected chi connectivity index (χ4v) is 11.5. The average molecular weight is 895 g/mol. The molecule has 4 aromatic rings. The number of aryl methyl sites for hydroxylation is 1. The van der Waals surface area contributed by atoms with E-state index in [-0.39, 0.29) is 21.8 Å². The van der Waals surface area contributed by atoms with E-state index in [0.717, 1.165) is 53.1 Å². The molecular formula is C49H65Cl2N3O4S2. The average Bonchev–Trinajstić information content (AvgIpc) is 3.17. The zero-order valence-corrected chi connectivity index (χ0v) is 39.6. The molecule has 0 radical (unpaired) electrons. The van der Waals surface area contributed by atoms with E-state index >= 15 is 0 Å². The van der Waals surface area contributed by atoms with E-state index in [1.54, 1.807) is 24.3 Å². The Kier molecular flexibility index (Phi) is 17.0. The normalized spacial score (nSPS) is 17.9. The van der Waals surface area contributed by atoms with Crippen molar-refractivity contribution in [2.75, 3.05) is 0 Å². The van der Waals surface area contributed by atoms with Gasteiger partial charge in [0, 0.05) is 26.9 Å². The first-order valence-electron chi connectivity index (χ1n) is 21.6. The molecule has 0 aromatic heterocycles. The number of benzene rings is 4. The monoisotopic (exact) mass is 893 g/mol. The SMILES string of the molecule is CC(C)C[C@@H](N)C1(c2ccc(Cl)cc2)CCC1.CCC(CC)(O[S+]([O-])N=C(CC(C)C)C1(c2ccc(Cl)cc2)CCC1)[C@H](NS(=O)(=O)c1ccc(C)cc1)c1ccccc1. The number of hydrogen-bond donors (Lipinski definition) is 2. The van der Waals surface area contributed by atoms with Crippen LogP contribution in [0.2, 0.25) is 10.0 Å². The first kappa shape index (κ1) is 48.3. The largest absolute Gasteiger partial charge is 0.559 e. The predicted octanol–water partition coefficient (Wildman–Crippen LogP) is 12.6. The van der Waals surface area contributed by atoms with Gasteiger partial charge < -0.3 is 10.3 Å².